The Morgan fingerprint density at radius 2 is 2.00 bits per heavy atom. The molecule has 0 spiro atoms. The number of nitrogens with zero attached hydrogens (tertiary/aromatic N) is 2. The van der Waals surface area contributed by atoms with Crippen molar-refractivity contribution in [3.05, 3.63) is 59.2 Å². The van der Waals surface area contributed by atoms with Gasteiger partial charge in [-0.05, 0) is 56.7 Å². The van der Waals surface area contributed by atoms with Crippen LogP contribution in [0.5, 0.6) is 0 Å². The van der Waals surface area contributed by atoms with Crippen LogP contribution < -0.4 is 5.32 Å². The zero-order valence-corrected chi connectivity index (χ0v) is 16.3. The lowest BCUT2D eigenvalue weighted by Gasteiger charge is -2.29. The maximum absolute atomic E-state index is 13.1. The number of anilines is 1. The molecule has 5 nitrogen and oxygen atoms in total. The number of nitriles is 1. The molecule has 3 rings (SSSR count). The van der Waals surface area contributed by atoms with E-state index in [-0.39, 0.29) is 23.1 Å². The molecule has 1 N–H and O–H groups in total. The minimum Gasteiger partial charge on any atom is -0.332 e. The number of hydrogen-bond acceptors (Lipinski definition) is 4. The molecule has 2 aromatic rings. The summed E-state index contributed by atoms with van der Waals surface area (Å²) in [6.07, 6.45) is 0. The number of amides is 2. The van der Waals surface area contributed by atoms with Crippen molar-refractivity contribution in [2.45, 2.75) is 37.0 Å². The van der Waals surface area contributed by atoms with Crippen LogP contribution in [0.15, 0.2) is 47.4 Å². The normalized spacial score (nSPS) is 16.7. The van der Waals surface area contributed by atoms with E-state index < -0.39 is 0 Å². The number of carbonyl (C=O) groups excluding carboxylic acids is 2. The quantitative estimate of drug-likeness (QED) is 0.863. The molecule has 0 fully saturated rings. The maximum Gasteiger partial charge on any atom is 0.254 e. The first kappa shape index (κ1) is 19.0. The Hall–Kier alpha value is -2.78. The molecule has 2 aromatic carbocycles. The largest absolute Gasteiger partial charge is 0.332 e. The number of benzene rings is 2. The van der Waals surface area contributed by atoms with Crippen LogP contribution in [0.25, 0.3) is 0 Å². The Morgan fingerprint density at radius 3 is 2.63 bits per heavy atom. The smallest absolute Gasteiger partial charge is 0.254 e. The van der Waals surface area contributed by atoms with Crippen LogP contribution in [0, 0.1) is 11.3 Å². The Morgan fingerprint density at radius 1 is 1.30 bits per heavy atom. The molecular weight excluding hydrogens is 358 g/mol. The molecule has 27 heavy (non-hydrogen) atoms. The van der Waals surface area contributed by atoms with E-state index in [0.717, 1.165) is 10.5 Å². The van der Waals surface area contributed by atoms with Crippen LogP contribution in [-0.2, 0) is 4.79 Å². The first-order chi connectivity index (χ1) is 12.9. The van der Waals surface area contributed by atoms with Gasteiger partial charge in [-0.25, -0.2) is 0 Å². The highest BCUT2D eigenvalue weighted by Gasteiger charge is 2.26. The lowest BCUT2D eigenvalue weighted by Crippen LogP contribution is -2.33. The van der Waals surface area contributed by atoms with Crippen molar-refractivity contribution in [1.29, 1.82) is 5.26 Å². The third-order valence-electron chi connectivity index (χ3n) is 4.75. The van der Waals surface area contributed by atoms with Gasteiger partial charge in [-0.3, -0.25) is 9.59 Å². The molecule has 1 aliphatic rings. The molecule has 0 saturated carbocycles. The van der Waals surface area contributed by atoms with E-state index in [4.69, 9.17) is 5.26 Å². The highest BCUT2D eigenvalue weighted by Crippen LogP contribution is 2.36. The van der Waals surface area contributed by atoms with E-state index in [2.05, 4.69) is 11.4 Å². The van der Waals surface area contributed by atoms with E-state index in [1.807, 2.05) is 45.0 Å². The Labute approximate surface area is 163 Å². The number of nitrogens with one attached hydrogen (secondary N) is 1. The molecule has 0 aliphatic carbocycles. The zero-order valence-electron chi connectivity index (χ0n) is 15.5. The van der Waals surface area contributed by atoms with Crippen molar-refractivity contribution in [1.82, 2.24) is 4.90 Å². The molecule has 0 aromatic heterocycles. The van der Waals surface area contributed by atoms with Gasteiger partial charge in [0.15, 0.2) is 0 Å². The Balaban J connectivity index is 1.85. The summed E-state index contributed by atoms with van der Waals surface area (Å²) in [5, 5.41) is 11.7. The predicted octanol–water partition coefficient (Wildman–Crippen LogP) is 4.21. The van der Waals surface area contributed by atoms with E-state index in [1.165, 1.54) is 11.8 Å². The second kappa shape index (κ2) is 7.85. The van der Waals surface area contributed by atoms with Crippen LogP contribution in [0.1, 0.15) is 48.3 Å². The first-order valence-electron chi connectivity index (χ1n) is 8.87. The fraction of sp³-hybridized carbons (Fsp3) is 0.286. The summed E-state index contributed by atoms with van der Waals surface area (Å²) in [5.41, 5.74) is 2.81. The topological polar surface area (TPSA) is 73.2 Å². The van der Waals surface area contributed by atoms with Gasteiger partial charge in [-0.1, -0.05) is 12.1 Å². The summed E-state index contributed by atoms with van der Waals surface area (Å²) < 4.78 is 0. The van der Waals surface area contributed by atoms with E-state index in [1.54, 1.807) is 23.1 Å². The van der Waals surface area contributed by atoms with Crippen molar-refractivity contribution in [3.63, 3.8) is 0 Å². The van der Waals surface area contributed by atoms with Crippen LogP contribution in [-0.4, -0.2) is 28.5 Å². The average Bonchev–Trinajstić information content (AvgIpc) is 2.69. The van der Waals surface area contributed by atoms with Crippen LogP contribution in [0.2, 0.25) is 0 Å². The highest BCUT2D eigenvalue weighted by molar-refractivity contribution is 8.00. The summed E-state index contributed by atoms with van der Waals surface area (Å²) >= 11 is 1.50. The second-order valence-corrected chi connectivity index (χ2v) is 7.84. The number of carbonyl (C=O) groups is 2. The lowest BCUT2D eigenvalue weighted by molar-refractivity contribution is -0.115. The summed E-state index contributed by atoms with van der Waals surface area (Å²) in [6, 6.07) is 14.7. The van der Waals surface area contributed by atoms with Crippen LogP contribution in [0.4, 0.5) is 5.69 Å². The van der Waals surface area contributed by atoms with Gasteiger partial charge in [0, 0.05) is 17.0 Å². The Kier molecular flexibility index (Phi) is 5.52. The van der Waals surface area contributed by atoms with E-state index >= 15 is 0 Å². The van der Waals surface area contributed by atoms with Crippen molar-refractivity contribution in [2.75, 3.05) is 11.9 Å². The third-order valence-corrected chi connectivity index (χ3v) is 5.93. The molecule has 0 bridgehead atoms. The van der Waals surface area contributed by atoms with Crippen LogP contribution >= 0.6 is 11.8 Å². The Bertz CT molecular complexity index is 918. The molecule has 2 atom stereocenters. The van der Waals surface area contributed by atoms with Crippen molar-refractivity contribution < 1.29 is 9.59 Å². The fourth-order valence-electron chi connectivity index (χ4n) is 3.12. The lowest BCUT2D eigenvalue weighted by atomic mass is 10.0. The monoisotopic (exact) mass is 379 g/mol. The van der Waals surface area contributed by atoms with Gasteiger partial charge < -0.3 is 10.2 Å². The number of hydrogen-bond donors (Lipinski definition) is 1. The van der Waals surface area contributed by atoms with Gasteiger partial charge >= 0.3 is 0 Å². The van der Waals surface area contributed by atoms with E-state index in [0.29, 0.717) is 23.4 Å². The summed E-state index contributed by atoms with van der Waals surface area (Å²) in [7, 11) is 0. The molecule has 138 valence electrons. The minimum absolute atomic E-state index is 0.0459. The summed E-state index contributed by atoms with van der Waals surface area (Å²) in [5.74, 6) is -0.134. The van der Waals surface area contributed by atoms with Crippen molar-refractivity contribution in [3.8, 4) is 6.07 Å². The molecule has 0 saturated heterocycles. The predicted molar refractivity (Wildman–Crippen MR) is 107 cm³/mol. The van der Waals surface area contributed by atoms with Crippen molar-refractivity contribution >= 4 is 29.3 Å². The molecule has 1 heterocycles. The molecule has 1 aliphatic heterocycles. The third kappa shape index (κ3) is 3.83. The van der Waals surface area contributed by atoms with Gasteiger partial charge in [-0.2, -0.15) is 5.26 Å². The molecule has 2 amide bonds. The molecule has 2 unspecified atom stereocenters. The van der Waals surface area contributed by atoms with Crippen LogP contribution in [0.3, 0.4) is 0 Å². The first-order valence-corrected chi connectivity index (χ1v) is 9.75. The highest BCUT2D eigenvalue weighted by atomic mass is 32.2. The SMILES string of the molecule is CCN(C(=O)c1ccc2c(c1)NC(=O)C(C)S2)C(C)c1ccc(C#N)cc1. The number of thioether (sulfide) groups is 1. The fourth-order valence-corrected chi connectivity index (χ4v) is 4.05. The van der Waals surface area contributed by atoms with Gasteiger partial charge in [0.25, 0.3) is 5.91 Å². The molecular formula is C21H21N3O2S. The summed E-state index contributed by atoms with van der Waals surface area (Å²) in [4.78, 5) is 27.8. The molecule has 6 heteroatoms. The van der Waals surface area contributed by atoms with Crippen molar-refractivity contribution in [2.24, 2.45) is 0 Å². The zero-order chi connectivity index (χ0) is 19.6. The van der Waals surface area contributed by atoms with Gasteiger partial charge in [0.2, 0.25) is 5.91 Å². The molecule has 0 radical (unpaired) electrons. The maximum atomic E-state index is 13.1. The van der Waals surface area contributed by atoms with Gasteiger partial charge in [-0.15, -0.1) is 11.8 Å². The summed E-state index contributed by atoms with van der Waals surface area (Å²) in [6.45, 7) is 6.32. The standard InChI is InChI=1S/C21H21N3O2S/c1-4-24(13(2)16-7-5-15(12-22)6-8-16)21(26)17-9-10-19-18(11-17)23-20(25)14(3)27-19/h5-11,13-14H,4H2,1-3H3,(H,23,25). The number of fused-ring (bicyclic) bond motifs is 1. The van der Waals surface area contributed by atoms with Gasteiger partial charge in [0.1, 0.15) is 0 Å². The minimum atomic E-state index is -0.136. The average molecular weight is 379 g/mol. The number of rotatable bonds is 4. The van der Waals surface area contributed by atoms with Gasteiger partial charge in [0.05, 0.1) is 28.6 Å². The van der Waals surface area contributed by atoms with E-state index in [9.17, 15) is 9.59 Å². The second-order valence-electron chi connectivity index (χ2n) is 6.46.